The van der Waals surface area contributed by atoms with Crippen molar-refractivity contribution in [1.82, 2.24) is 25.0 Å². The molecule has 2 unspecified atom stereocenters. The molecule has 0 spiro atoms. The molecule has 1 saturated heterocycles. The fourth-order valence-corrected chi connectivity index (χ4v) is 3.84. The van der Waals surface area contributed by atoms with Gasteiger partial charge >= 0.3 is 6.03 Å². The summed E-state index contributed by atoms with van der Waals surface area (Å²) in [5, 5.41) is 11.6. The van der Waals surface area contributed by atoms with Gasteiger partial charge in [-0.05, 0) is 20.3 Å². The van der Waals surface area contributed by atoms with Crippen LogP contribution in [0.1, 0.15) is 33.2 Å². The second-order valence-electron chi connectivity index (χ2n) is 6.28. The molecule has 2 atom stereocenters. The van der Waals surface area contributed by atoms with E-state index in [1.807, 2.05) is 30.3 Å². The molecule has 1 aromatic heterocycles. The maximum atomic E-state index is 12.6. The smallest absolute Gasteiger partial charge is 0.324 e. The number of carbonyl (C=O) groups excluding carboxylic acids is 2. The van der Waals surface area contributed by atoms with Crippen molar-refractivity contribution in [3.8, 4) is 11.4 Å². The van der Waals surface area contributed by atoms with Gasteiger partial charge in [-0.25, -0.2) is 4.79 Å². The first kappa shape index (κ1) is 18.4. The number of nitrogens with one attached hydrogen (secondary N) is 1. The van der Waals surface area contributed by atoms with Crippen LogP contribution in [0.2, 0.25) is 0 Å². The molecule has 1 aliphatic rings. The lowest BCUT2D eigenvalue weighted by molar-refractivity contribution is -0.126. The summed E-state index contributed by atoms with van der Waals surface area (Å²) in [5.41, 5.74) is 0.991. The van der Waals surface area contributed by atoms with Gasteiger partial charge in [-0.15, -0.1) is 10.2 Å². The van der Waals surface area contributed by atoms with Gasteiger partial charge in [0.25, 0.3) is 0 Å². The average molecular weight is 373 g/mol. The van der Waals surface area contributed by atoms with E-state index in [0.29, 0.717) is 18.2 Å². The number of imide groups is 1. The average Bonchev–Trinajstić information content (AvgIpc) is 3.27. The van der Waals surface area contributed by atoms with E-state index in [9.17, 15) is 9.59 Å². The third kappa shape index (κ3) is 3.60. The SMILES string of the molecule is CCC(C)n1c(SC(C)C(=O)N2CCNC2=O)nnc1-c1ccccc1. The molecule has 1 aromatic carbocycles. The number of carbonyl (C=O) groups is 2. The van der Waals surface area contributed by atoms with Crippen LogP contribution in [-0.2, 0) is 4.79 Å². The van der Waals surface area contributed by atoms with Gasteiger partial charge in [-0.2, -0.15) is 0 Å². The van der Waals surface area contributed by atoms with Crippen molar-refractivity contribution in [2.45, 2.75) is 43.6 Å². The normalized spacial score (nSPS) is 16.4. The molecule has 8 heteroatoms. The Morgan fingerprint density at radius 1 is 1.27 bits per heavy atom. The van der Waals surface area contributed by atoms with Crippen molar-refractivity contribution in [2.75, 3.05) is 13.1 Å². The largest absolute Gasteiger partial charge is 0.336 e. The van der Waals surface area contributed by atoms with Gasteiger partial charge in [0.2, 0.25) is 5.91 Å². The van der Waals surface area contributed by atoms with E-state index in [1.54, 1.807) is 6.92 Å². The third-order valence-electron chi connectivity index (χ3n) is 4.48. The van der Waals surface area contributed by atoms with Crippen molar-refractivity contribution < 1.29 is 9.59 Å². The predicted octanol–water partition coefficient (Wildman–Crippen LogP) is 2.95. The van der Waals surface area contributed by atoms with Crippen molar-refractivity contribution >= 4 is 23.7 Å². The summed E-state index contributed by atoms with van der Waals surface area (Å²) in [4.78, 5) is 25.6. The maximum absolute atomic E-state index is 12.6. The zero-order chi connectivity index (χ0) is 18.7. The molecule has 2 aromatic rings. The molecular weight excluding hydrogens is 350 g/mol. The number of aromatic nitrogens is 3. The van der Waals surface area contributed by atoms with Gasteiger partial charge in [0, 0.05) is 24.7 Å². The summed E-state index contributed by atoms with van der Waals surface area (Å²) in [6, 6.07) is 9.77. The highest BCUT2D eigenvalue weighted by Crippen LogP contribution is 2.31. The van der Waals surface area contributed by atoms with Crippen LogP contribution in [0.25, 0.3) is 11.4 Å². The molecule has 0 radical (unpaired) electrons. The minimum Gasteiger partial charge on any atom is -0.336 e. The van der Waals surface area contributed by atoms with Crippen LogP contribution in [0.5, 0.6) is 0 Å². The summed E-state index contributed by atoms with van der Waals surface area (Å²) in [6.45, 7) is 6.94. The Bertz CT molecular complexity index is 792. The highest BCUT2D eigenvalue weighted by molar-refractivity contribution is 8.00. The van der Waals surface area contributed by atoms with Gasteiger partial charge in [0.15, 0.2) is 11.0 Å². The molecule has 2 heterocycles. The van der Waals surface area contributed by atoms with Crippen molar-refractivity contribution in [1.29, 1.82) is 0 Å². The van der Waals surface area contributed by atoms with Crippen LogP contribution in [0, 0.1) is 0 Å². The van der Waals surface area contributed by atoms with Gasteiger partial charge in [-0.1, -0.05) is 49.0 Å². The summed E-state index contributed by atoms with van der Waals surface area (Å²) >= 11 is 1.34. The first-order valence-electron chi connectivity index (χ1n) is 8.79. The predicted molar refractivity (Wildman–Crippen MR) is 101 cm³/mol. The molecule has 0 aliphatic carbocycles. The van der Waals surface area contributed by atoms with Crippen LogP contribution in [-0.4, -0.2) is 49.9 Å². The molecule has 7 nitrogen and oxygen atoms in total. The lowest BCUT2D eigenvalue weighted by Gasteiger charge is -2.20. The van der Waals surface area contributed by atoms with Gasteiger partial charge in [-0.3, -0.25) is 14.3 Å². The highest BCUT2D eigenvalue weighted by atomic mass is 32.2. The summed E-state index contributed by atoms with van der Waals surface area (Å²) in [5.74, 6) is 0.589. The maximum Gasteiger partial charge on any atom is 0.324 e. The van der Waals surface area contributed by atoms with Gasteiger partial charge in [0.1, 0.15) is 0 Å². The van der Waals surface area contributed by atoms with Crippen LogP contribution in [0.4, 0.5) is 4.79 Å². The molecule has 0 saturated carbocycles. The van der Waals surface area contributed by atoms with Crippen LogP contribution >= 0.6 is 11.8 Å². The second kappa shape index (κ2) is 7.90. The fraction of sp³-hybridized carbons (Fsp3) is 0.444. The van der Waals surface area contributed by atoms with Crippen LogP contribution in [0.3, 0.4) is 0 Å². The zero-order valence-electron chi connectivity index (χ0n) is 15.2. The Morgan fingerprint density at radius 2 is 2.00 bits per heavy atom. The third-order valence-corrected chi connectivity index (χ3v) is 5.53. The number of rotatable bonds is 6. The number of thioether (sulfide) groups is 1. The van der Waals surface area contributed by atoms with Crippen molar-refractivity contribution in [2.24, 2.45) is 0 Å². The van der Waals surface area contributed by atoms with E-state index in [0.717, 1.165) is 17.8 Å². The lowest BCUT2D eigenvalue weighted by Crippen LogP contribution is -2.39. The summed E-state index contributed by atoms with van der Waals surface area (Å²) in [7, 11) is 0. The highest BCUT2D eigenvalue weighted by Gasteiger charge is 2.31. The molecule has 26 heavy (non-hydrogen) atoms. The quantitative estimate of drug-likeness (QED) is 0.788. The minimum absolute atomic E-state index is 0.195. The molecule has 1 N–H and O–H groups in total. The minimum atomic E-state index is -0.422. The molecule has 3 rings (SSSR count). The van der Waals surface area contributed by atoms with E-state index in [-0.39, 0.29) is 18.0 Å². The van der Waals surface area contributed by atoms with Crippen LogP contribution in [0.15, 0.2) is 35.5 Å². The monoisotopic (exact) mass is 373 g/mol. The van der Waals surface area contributed by atoms with E-state index in [1.165, 1.54) is 16.7 Å². The molecular formula is C18H23N5O2S. The Hall–Kier alpha value is -2.35. The van der Waals surface area contributed by atoms with Crippen molar-refractivity contribution in [3.05, 3.63) is 30.3 Å². The number of nitrogens with zero attached hydrogens (tertiary/aromatic N) is 4. The molecule has 3 amide bonds. The van der Waals surface area contributed by atoms with Gasteiger partial charge in [0.05, 0.1) is 5.25 Å². The van der Waals surface area contributed by atoms with Gasteiger partial charge < -0.3 is 5.32 Å². The van der Waals surface area contributed by atoms with Crippen LogP contribution < -0.4 is 5.32 Å². The first-order chi connectivity index (χ1) is 12.5. The Kier molecular flexibility index (Phi) is 5.61. The number of hydrogen-bond acceptors (Lipinski definition) is 5. The Morgan fingerprint density at radius 3 is 2.62 bits per heavy atom. The van der Waals surface area contributed by atoms with E-state index < -0.39 is 5.25 Å². The number of hydrogen-bond donors (Lipinski definition) is 1. The van der Waals surface area contributed by atoms with E-state index in [4.69, 9.17) is 0 Å². The Labute approximate surface area is 157 Å². The first-order valence-corrected chi connectivity index (χ1v) is 9.67. The number of benzene rings is 1. The zero-order valence-corrected chi connectivity index (χ0v) is 16.0. The van der Waals surface area contributed by atoms with Crippen molar-refractivity contribution in [3.63, 3.8) is 0 Å². The van der Waals surface area contributed by atoms with E-state index >= 15 is 0 Å². The lowest BCUT2D eigenvalue weighted by atomic mass is 10.2. The van der Waals surface area contributed by atoms with E-state index in [2.05, 4.69) is 33.9 Å². The fourth-order valence-electron chi connectivity index (χ4n) is 2.83. The number of amides is 3. The second-order valence-corrected chi connectivity index (χ2v) is 7.59. The molecule has 138 valence electrons. The molecule has 0 bridgehead atoms. The Balaban J connectivity index is 1.86. The topological polar surface area (TPSA) is 80.1 Å². The number of urea groups is 1. The summed E-state index contributed by atoms with van der Waals surface area (Å²) in [6.07, 6.45) is 0.919. The molecule has 1 fully saturated rings. The summed E-state index contributed by atoms with van der Waals surface area (Å²) < 4.78 is 2.08. The standard InChI is InChI=1S/C18H23N5O2S/c1-4-12(2)23-15(14-8-6-5-7-9-14)20-21-18(23)26-13(3)16(24)22-11-10-19-17(22)25/h5-9,12-13H,4,10-11H2,1-3H3,(H,19,25). The molecule has 1 aliphatic heterocycles.